The molecule has 3 aromatic carbocycles. The molecule has 1 aliphatic rings. The monoisotopic (exact) mass is 625 g/mol. The number of hydrogen-bond donors (Lipinski definition) is 7. The van der Waals surface area contributed by atoms with E-state index in [2.05, 4.69) is 0 Å². The molecule has 0 bridgehead atoms. The predicted octanol–water partition coefficient (Wildman–Crippen LogP) is 3.01. The second-order valence-electron chi connectivity index (χ2n) is 9.90. The average Bonchev–Trinajstić information content (AvgIpc) is 3.28. The number of aromatic hydroxyl groups is 5. The van der Waals surface area contributed by atoms with E-state index in [1.54, 1.807) is 0 Å². The molecule has 45 heavy (non-hydrogen) atoms. The van der Waals surface area contributed by atoms with Crippen LogP contribution in [-0.4, -0.2) is 87.1 Å². The van der Waals surface area contributed by atoms with Crippen LogP contribution in [-0.2, 0) is 14.3 Å². The fourth-order valence-corrected chi connectivity index (χ4v) is 4.59. The first-order chi connectivity index (χ1) is 21.5. The number of esters is 1. The Morgan fingerprint density at radius 3 is 2.24 bits per heavy atom. The number of carbonyl (C=O) groups excluding carboxylic acids is 1. The Hall–Kier alpha value is -5.44. The highest BCUT2D eigenvalue weighted by molar-refractivity contribution is 5.89. The molecule has 4 atom stereocenters. The minimum atomic E-state index is -1.62. The first-order valence-electron chi connectivity index (χ1n) is 13.3. The normalized spacial score (nSPS) is 19.6. The van der Waals surface area contributed by atoms with Gasteiger partial charge in [-0.1, -0.05) is 6.07 Å². The number of carbonyl (C=O) groups is 1. The fraction of sp³-hybridized carbons (Fsp3) is 0.226. The van der Waals surface area contributed by atoms with Crippen LogP contribution >= 0.6 is 0 Å². The first kappa shape index (κ1) is 31.0. The Morgan fingerprint density at radius 2 is 1.58 bits per heavy atom. The van der Waals surface area contributed by atoms with Crippen molar-refractivity contribution in [2.75, 3.05) is 20.8 Å². The van der Waals surface area contributed by atoms with Crippen LogP contribution in [0.3, 0.4) is 0 Å². The van der Waals surface area contributed by atoms with E-state index in [-0.39, 0.29) is 68.3 Å². The van der Waals surface area contributed by atoms with Crippen LogP contribution in [0, 0.1) is 0 Å². The van der Waals surface area contributed by atoms with Gasteiger partial charge in [-0.25, -0.2) is 9.21 Å². The Bertz CT molecular complexity index is 1740. The maximum atomic E-state index is 12.3. The Balaban J connectivity index is 1.39. The molecule has 0 saturated carbocycles. The number of phenols is 5. The van der Waals surface area contributed by atoms with Gasteiger partial charge >= 0.3 is 17.3 Å². The molecule has 14 heteroatoms. The maximum Gasteiger partial charge on any atom is 0.402 e. The SMILES string of the molecule is COc1cc(-c2[o+]c3cc(O)cc(O)c3cc2OC2O[C@H](COC(=O)C=Cc3ccc(O)c(O)c3)[C@@H](O)[C@@H]2O)cc(OC)c1O. The Kier molecular flexibility index (Phi) is 8.72. The van der Waals surface area contributed by atoms with E-state index >= 15 is 0 Å². The molecule has 1 aliphatic heterocycles. The summed E-state index contributed by atoms with van der Waals surface area (Å²) < 4.78 is 33.2. The van der Waals surface area contributed by atoms with E-state index in [9.17, 15) is 40.5 Å². The smallest absolute Gasteiger partial charge is 0.402 e. The van der Waals surface area contributed by atoms with Crippen molar-refractivity contribution in [1.82, 2.24) is 0 Å². The molecule has 14 nitrogen and oxygen atoms in total. The molecule has 2 heterocycles. The van der Waals surface area contributed by atoms with Crippen molar-refractivity contribution < 1.29 is 68.6 Å². The van der Waals surface area contributed by atoms with Gasteiger partial charge in [0, 0.05) is 30.3 Å². The quantitative estimate of drug-likeness (QED) is 0.0616. The van der Waals surface area contributed by atoms with Crippen molar-refractivity contribution in [3.05, 3.63) is 60.2 Å². The van der Waals surface area contributed by atoms with Crippen LogP contribution in [0.1, 0.15) is 5.56 Å². The molecule has 1 fully saturated rings. The van der Waals surface area contributed by atoms with Gasteiger partial charge < -0.3 is 59.4 Å². The second kappa shape index (κ2) is 12.7. The number of fused-ring (bicyclic) bond motifs is 1. The van der Waals surface area contributed by atoms with Crippen LogP contribution in [0.2, 0.25) is 0 Å². The van der Waals surface area contributed by atoms with Crippen molar-refractivity contribution >= 4 is 23.0 Å². The van der Waals surface area contributed by atoms with E-state index in [0.29, 0.717) is 5.56 Å². The molecule has 7 N–H and O–H groups in total. The van der Waals surface area contributed by atoms with Gasteiger partial charge in [0.2, 0.25) is 17.8 Å². The molecule has 236 valence electrons. The van der Waals surface area contributed by atoms with Crippen LogP contribution in [0.25, 0.3) is 28.4 Å². The minimum absolute atomic E-state index is 0.0188. The first-order valence-corrected chi connectivity index (χ1v) is 13.3. The van der Waals surface area contributed by atoms with Gasteiger partial charge in [-0.05, 0) is 23.8 Å². The van der Waals surface area contributed by atoms with E-state index in [1.165, 1.54) is 62.8 Å². The van der Waals surface area contributed by atoms with E-state index < -0.39 is 37.2 Å². The lowest BCUT2D eigenvalue weighted by Gasteiger charge is -2.17. The van der Waals surface area contributed by atoms with Crippen molar-refractivity contribution in [3.8, 4) is 57.3 Å². The summed E-state index contributed by atoms with van der Waals surface area (Å²) in [6, 6.07) is 10.5. The van der Waals surface area contributed by atoms with Crippen molar-refractivity contribution in [1.29, 1.82) is 0 Å². The summed E-state index contributed by atoms with van der Waals surface area (Å²) in [5.41, 5.74) is 0.715. The molecule has 1 aromatic heterocycles. The van der Waals surface area contributed by atoms with Gasteiger partial charge in [-0.3, -0.25) is 0 Å². The zero-order valence-electron chi connectivity index (χ0n) is 23.8. The third kappa shape index (κ3) is 6.43. The van der Waals surface area contributed by atoms with Gasteiger partial charge in [0.15, 0.2) is 23.0 Å². The number of aliphatic hydroxyl groups is 2. The van der Waals surface area contributed by atoms with Gasteiger partial charge in [0.05, 0.1) is 25.8 Å². The predicted molar refractivity (Wildman–Crippen MR) is 155 cm³/mol. The largest absolute Gasteiger partial charge is 0.507 e. The standard InChI is InChI=1S/C31H28O14/c1-40-22-8-15(9-23(41-2)27(22)37)30-24(12-17-19(34)10-16(32)11-21(17)43-30)44-31-29(39)28(38)25(45-31)13-42-26(36)6-4-14-3-5-18(33)20(35)7-14/h3-12,25,28-29,31,38-39H,13H2,1-2H3,(H4-,32,33,34,35,36,37)/p+1/t25-,28-,29+,31?/m1/s1. The van der Waals surface area contributed by atoms with Crippen LogP contribution < -0.4 is 14.2 Å². The van der Waals surface area contributed by atoms with Crippen LogP contribution in [0.4, 0.5) is 0 Å². The molecule has 4 aromatic rings. The van der Waals surface area contributed by atoms with Gasteiger partial charge in [0.1, 0.15) is 41.8 Å². The Labute approximate surface area is 254 Å². The lowest BCUT2D eigenvalue weighted by Crippen LogP contribution is -2.36. The zero-order chi connectivity index (χ0) is 32.4. The maximum absolute atomic E-state index is 12.3. The van der Waals surface area contributed by atoms with Gasteiger partial charge in [0.25, 0.3) is 0 Å². The van der Waals surface area contributed by atoms with E-state index in [0.717, 1.165) is 12.1 Å². The van der Waals surface area contributed by atoms with E-state index in [1.807, 2.05) is 0 Å². The number of rotatable bonds is 9. The van der Waals surface area contributed by atoms with Crippen LogP contribution in [0.5, 0.6) is 46.0 Å². The number of aliphatic hydroxyl groups excluding tert-OH is 2. The lowest BCUT2D eigenvalue weighted by molar-refractivity contribution is -0.149. The fourth-order valence-electron chi connectivity index (χ4n) is 4.59. The molecular weight excluding hydrogens is 596 g/mol. The summed E-state index contributed by atoms with van der Waals surface area (Å²) in [7, 11) is 2.66. The highest BCUT2D eigenvalue weighted by Gasteiger charge is 2.46. The summed E-state index contributed by atoms with van der Waals surface area (Å²) in [4.78, 5) is 12.3. The molecule has 0 aliphatic carbocycles. The topological polar surface area (TPSA) is 216 Å². The third-order valence-electron chi connectivity index (χ3n) is 6.92. The lowest BCUT2D eigenvalue weighted by atomic mass is 10.1. The molecule has 5 rings (SSSR count). The molecule has 1 saturated heterocycles. The Morgan fingerprint density at radius 1 is 0.867 bits per heavy atom. The summed E-state index contributed by atoms with van der Waals surface area (Å²) in [5.74, 6) is -2.48. The van der Waals surface area contributed by atoms with Crippen molar-refractivity contribution in [2.24, 2.45) is 0 Å². The summed E-state index contributed by atoms with van der Waals surface area (Å²) in [6.07, 6.45) is -3.48. The van der Waals surface area contributed by atoms with Gasteiger partial charge in [-0.2, -0.15) is 0 Å². The summed E-state index contributed by atoms with van der Waals surface area (Å²) in [5, 5.41) is 71.3. The minimum Gasteiger partial charge on any atom is -0.507 e. The van der Waals surface area contributed by atoms with E-state index in [4.69, 9.17) is 28.1 Å². The molecular formula is C31H29O14+. The molecule has 0 amide bonds. The molecule has 1 unspecified atom stereocenters. The molecule has 0 radical (unpaired) electrons. The second-order valence-corrected chi connectivity index (χ2v) is 9.90. The number of hydrogen-bond acceptors (Lipinski definition) is 13. The summed E-state index contributed by atoms with van der Waals surface area (Å²) in [6.45, 7) is -0.469. The van der Waals surface area contributed by atoms with Crippen LogP contribution in [0.15, 0.2) is 59.0 Å². The third-order valence-corrected chi connectivity index (χ3v) is 6.92. The zero-order valence-corrected chi connectivity index (χ0v) is 23.8. The number of benzene rings is 3. The molecule has 0 spiro atoms. The van der Waals surface area contributed by atoms with Gasteiger partial charge in [-0.15, -0.1) is 0 Å². The average molecular weight is 626 g/mol. The van der Waals surface area contributed by atoms with Crippen molar-refractivity contribution in [3.63, 3.8) is 0 Å². The number of ether oxygens (including phenoxy) is 5. The number of phenolic OH excluding ortho intramolecular Hbond substituents is 5. The highest BCUT2D eigenvalue weighted by atomic mass is 16.7. The number of methoxy groups -OCH3 is 2. The summed E-state index contributed by atoms with van der Waals surface area (Å²) >= 11 is 0. The van der Waals surface area contributed by atoms with Crippen molar-refractivity contribution in [2.45, 2.75) is 24.6 Å². The highest BCUT2D eigenvalue weighted by Crippen LogP contribution is 2.45.